The van der Waals surface area contributed by atoms with Crippen LogP contribution in [0.4, 0.5) is 0 Å². The van der Waals surface area contributed by atoms with Crippen molar-refractivity contribution in [1.82, 2.24) is 15.1 Å². The van der Waals surface area contributed by atoms with E-state index >= 15 is 0 Å². The predicted octanol–water partition coefficient (Wildman–Crippen LogP) is 4.80. The molecule has 2 aromatic heterocycles. The van der Waals surface area contributed by atoms with Gasteiger partial charge in [0.1, 0.15) is 10.8 Å². The number of hydrogen-bond donors (Lipinski definition) is 1. The monoisotopic (exact) mass is 361 g/mol. The van der Waals surface area contributed by atoms with Crippen molar-refractivity contribution in [2.75, 3.05) is 0 Å². The molecule has 26 heavy (non-hydrogen) atoms. The summed E-state index contributed by atoms with van der Waals surface area (Å²) in [5.41, 5.74) is 3.53. The summed E-state index contributed by atoms with van der Waals surface area (Å²) in [6.45, 7) is 1.95. The minimum absolute atomic E-state index is 0.195. The molecule has 0 saturated carbocycles. The fourth-order valence-electron chi connectivity index (χ4n) is 2.47. The number of nitrogens with zero attached hydrogens (tertiary/aromatic N) is 3. The quantitative estimate of drug-likeness (QED) is 0.565. The van der Waals surface area contributed by atoms with Gasteiger partial charge >= 0.3 is 0 Å². The van der Waals surface area contributed by atoms with Crippen molar-refractivity contribution in [2.45, 2.75) is 6.92 Å². The van der Waals surface area contributed by atoms with Crippen LogP contribution in [0.2, 0.25) is 0 Å². The Bertz CT molecular complexity index is 1050. The lowest BCUT2D eigenvalue weighted by atomic mass is 10.1. The van der Waals surface area contributed by atoms with Crippen LogP contribution < -0.4 is 0 Å². The number of phenolic OH excluding ortho intramolecular Hbond substituents is 1. The van der Waals surface area contributed by atoms with Gasteiger partial charge in [-0.15, -0.1) is 11.3 Å². The number of hydrogen-bond acceptors (Lipinski definition) is 6. The zero-order valence-corrected chi connectivity index (χ0v) is 14.8. The zero-order chi connectivity index (χ0) is 17.9. The number of thiazole rings is 1. The van der Waals surface area contributed by atoms with Crippen LogP contribution in [0.3, 0.4) is 0 Å². The number of aromatic hydroxyl groups is 1. The molecule has 2 heterocycles. The lowest BCUT2D eigenvalue weighted by Gasteiger charge is -1.99. The fraction of sp³-hybridized carbons (Fsp3) is 0.0500. The fourth-order valence-corrected chi connectivity index (χ4v) is 3.27. The van der Waals surface area contributed by atoms with E-state index in [1.54, 1.807) is 24.3 Å². The third-order valence-corrected chi connectivity index (χ3v) is 4.74. The molecule has 128 valence electrons. The summed E-state index contributed by atoms with van der Waals surface area (Å²) in [5, 5.41) is 16.3. The molecule has 0 radical (unpaired) electrons. The van der Waals surface area contributed by atoms with Crippen LogP contribution >= 0.6 is 11.3 Å². The lowest BCUT2D eigenvalue weighted by Crippen LogP contribution is -1.89. The van der Waals surface area contributed by atoms with Gasteiger partial charge in [-0.05, 0) is 42.8 Å². The van der Waals surface area contributed by atoms with Gasteiger partial charge in [0, 0.05) is 16.6 Å². The van der Waals surface area contributed by atoms with E-state index in [2.05, 4.69) is 15.1 Å². The standard InChI is InChI=1S/C20H15N3O2S/c1-13-12-26-20(21-13)17(11-14-5-3-2-4-6-14)19-22-18(23-25-19)15-7-9-16(24)10-8-15/h2-12,24H,1H3/b17-11-. The Balaban J connectivity index is 1.77. The van der Waals surface area contributed by atoms with Crippen LogP contribution in [0.1, 0.15) is 22.2 Å². The Morgan fingerprint density at radius 1 is 1.04 bits per heavy atom. The average Bonchev–Trinajstić information content (AvgIpc) is 3.31. The van der Waals surface area contributed by atoms with E-state index in [-0.39, 0.29) is 5.75 Å². The predicted molar refractivity (Wildman–Crippen MR) is 102 cm³/mol. The van der Waals surface area contributed by atoms with Crippen molar-refractivity contribution in [2.24, 2.45) is 0 Å². The van der Waals surface area contributed by atoms with E-state index in [1.807, 2.05) is 48.7 Å². The molecule has 6 heteroatoms. The normalized spacial score (nSPS) is 11.7. The van der Waals surface area contributed by atoms with E-state index in [4.69, 9.17) is 4.52 Å². The second kappa shape index (κ2) is 6.93. The van der Waals surface area contributed by atoms with E-state index < -0.39 is 0 Å². The molecule has 0 aliphatic carbocycles. The van der Waals surface area contributed by atoms with Crippen molar-refractivity contribution in [1.29, 1.82) is 0 Å². The van der Waals surface area contributed by atoms with Gasteiger partial charge < -0.3 is 9.63 Å². The van der Waals surface area contributed by atoms with Crippen LogP contribution in [0.15, 0.2) is 64.5 Å². The molecule has 0 aliphatic heterocycles. The first-order valence-electron chi connectivity index (χ1n) is 8.02. The second-order valence-electron chi connectivity index (χ2n) is 5.73. The second-order valence-corrected chi connectivity index (χ2v) is 6.59. The van der Waals surface area contributed by atoms with Gasteiger partial charge in [-0.1, -0.05) is 35.5 Å². The van der Waals surface area contributed by atoms with Gasteiger partial charge in [0.15, 0.2) is 0 Å². The molecule has 4 rings (SSSR count). The number of rotatable bonds is 4. The number of phenols is 1. The van der Waals surface area contributed by atoms with Crippen molar-refractivity contribution in [3.63, 3.8) is 0 Å². The van der Waals surface area contributed by atoms with Crippen molar-refractivity contribution >= 4 is 23.0 Å². The third-order valence-electron chi connectivity index (χ3n) is 3.74. The molecule has 0 amide bonds. The molecule has 0 aliphatic rings. The summed E-state index contributed by atoms with van der Waals surface area (Å²) in [7, 11) is 0. The van der Waals surface area contributed by atoms with Crippen LogP contribution in [0.5, 0.6) is 5.75 Å². The van der Waals surface area contributed by atoms with Crippen molar-refractivity contribution in [3.05, 3.63) is 82.1 Å². The smallest absolute Gasteiger partial charge is 0.261 e. The molecule has 0 bridgehead atoms. The largest absolute Gasteiger partial charge is 0.508 e. The minimum Gasteiger partial charge on any atom is -0.508 e. The minimum atomic E-state index is 0.195. The van der Waals surface area contributed by atoms with Crippen LogP contribution in [0.25, 0.3) is 23.0 Å². The molecule has 0 spiro atoms. The van der Waals surface area contributed by atoms with Crippen molar-refractivity contribution in [3.8, 4) is 17.1 Å². The highest BCUT2D eigenvalue weighted by Gasteiger charge is 2.17. The molecule has 5 nitrogen and oxygen atoms in total. The maximum atomic E-state index is 9.43. The number of aromatic nitrogens is 3. The molecule has 0 atom stereocenters. The van der Waals surface area contributed by atoms with Gasteiger partial charge in [0.25, 0.3) is 5.89 Å². The third kappa shape index (κ3) is 3.41. The van der Waals surface area contributed by atoms with Gasteiger partial charge in [0.05, 0.1) is 5.57 Å². The Hall–Kier alpha value is -3.25. The Kier molecular flexibility index (Phi) is 4.33. The van der Waals surface area contributed by atoms with Gasteiger partial charge in [-0.2, -0.15) is 4.98 Å². The summed E-state index contributed by atoms with van der Waals surface area (Å²) in [6.07, 6.45) is 1.99. The summed E-state index contributed by atoms with van der Waals surface area (Å²) in [5.74, 6) is 1.07. The lowest BCUT2D eigenvalue weighted by molar-refractivity contribution is 0.409. The summed E-state index contributed by atoms with van der Waals surface area (Å²) >= 11 is 1.54. The first-order valence-corrected chi connectivity index (χ1v) is 8.90. The Morgan fingerprint density at radius 2 is 1.81 bits per heavy atom. The van der Waals surface area contributed by atoms with Crippen LogP contribution in [-0.2, 0) is 0 Å². The maximum absolute atomic E-state index is 9.43. The van der Waals surface area contributed by atoms with Crippen molar-refractivity contribution < 1.29 is 9.63 Å². The van der Waals surface area contributed by atoms with Crippen LogP contribution in [0, 0.1) is 6.92 Å². The molecular weight excluding hydrogens is 346 g/mol. The van der Waals surface area contributed by atoms with E-state index in [1.165, 1.54) is 11.3 Å². The number of aryl methyl sites for hydroxylation is 1. The maximum Gasteiger partial charge on any atom is 0.261 e. The van der Waals surface area contributed by atoms with E-state index in [9.17, 15) is 5.11 Å². The topological polar surface area (TPSA) is 72.0 Å². The SMILES string of the molecule is Cc1csc(/C(=C\c2ccccc2)c2nc(-c3ccc(O)cc3)no2)n1. The van der Waals surface area contributed by atoms with E-state index in [0.717, 1.165) is 27.4 Å². The zero-order valence-electron chi connectivity index (χ0n) is 14.0. The van der Waals surface area contributed by atoms with Gasteiger partial charge in [0.2, 0.25) is 5.82 Å². The van der Waals surface area contributed by atoms with E-state index in [0.29, 0.717) is 11.7 Å². The molecule has 2 aromatic carbocycles. The highest BCUT2D eigenvalue weighted by molar-refractivity contribution is 7.11. The average molecular weight is 361 g/mol. The van der Waals surface area contributed by atoms with Gasteiger partial charge in [-0.3, -0.25) is 0 Å². The molecule has 0 saturated heterocycles. The summed E-state index contributed by atoms with van der Waals surface area (Å²) < 4.78 is 5.52. The first kappa shape index (κ1) is 16.2. The highest BCUT2D eigenvalue weighted by atomic mass is 32.1. The number of benzene rings is 2. The summed E-state index contributed by atoms with van der Waals surface area (Å²) in [6, 6.07) is 16.6. The molecule has 4 aromatic rings. The molecule has 0 unspecified atom stereocenters. The molecule has 1 N–H and O–H groups in total. The molecule has 0 fully saturated rings. The Labute approximate surface area is 154 Å². The summed E-state index contributed by atoms with van der Waals surface area (Å²) in [4.78, 5) is 9.10. The first-order chi connectivity index (χ1) is 12.7. The Morgan fingerprint density at radius 3 is 2.50 bits per heavy atom. The van der Waals surface area contributed by atoms with Crippen LogP contribution in [-0.4, -0.2) is 20.2 Å². The highest BCUT2D eigenvalue weighted by Crippen LogP contribution is 2.29. The van der Waals surface area contributed by atoms with Gasteiger partial charge in [-0.25, -0.2) is 4.98 Å². The molecular formula is C20H15N3O2S.